The van der Waals surface area contributed by atoms with Crippen LogP contribution in [0.1, 0.15) is 47.3 Å². The Morgan fingerprint density at radius 1 is 0.821 bits per heavy atom. The van der Waals surface area contributed by atoms with Gasteiger partial charge in [0.1, 0.15) is 11.4 Å². The van der Waals surface area contributed by atoms with Crippen LogP contribution in [0.2, 0.25) is 10.0 Å². The number of halogens is 2. The van der Waals surface area contributed by atoms with Gasteiger partial charge in [0, 0.05) is 27.7 Å². The van der Waals surface area contributed by atoms with Gasteiger partial charge in [-0.3, -0.25) is 4.79 Å². The van der Waals surface area contributed by atoms with E-state index in [0.717, 1.165) is 0 Å². The molecule has 1 aromatic heterocycles. The van der Waals surface area contributed by atoms with E-state index in [0.29, 0.717) is 44.5 Å². The molecule has 39 heavy (non-hydrogen) atoms. The zero-order valence-corrected chi connectivity index (χ0v) is 23.2. The van der Waals surface area contributed by atoms with Crippen LogP contribution < -0.4 is 5.32 Å². The van der Waals surface area contributed by atoms with Crippen molar-refractivity contribution in [1.82, 2.24) is 15.3 Å². The number of hydrogen-bond acceptors (Lipinski definition) is 6. The van der Waals surface area contributed by atoms with Crippen molar-refractivity contribution in [2.24, 2.45) is 0 Å². The second-order valence-corrected chi connectivity index (χ2v) is 10.6. The van der Waals surface area contributed by atoms with E-state index in [-0.39, 0.29) is 23.7 Å². The maximum Gasteiger partial charge on any atom is 0.359 e. The summed E-state index contributed by atoms with van der Waals surface area (Å²) in [5, 5.41) is 13.9. The molecule has 0 aliphatic carbocycles. The van der Waals surface area contributed by atoms with Crippen molar-refractivity contribution >= 4 is 35.1 Å². The molecule has 0 bridgehead atoms. The number of esters is 1. The van der Waals surface area contributed by atoms with E-state index in [2.05, 4.69) is 15.3 Å². The van der Waals surface area contributed by atoms with E-state index < -0.39 is 17.5 Å². The van der Waals surface area contributed by atoms with Crippen LogP contribution in [0.3, 0.4) is 0 Å². The van der Waals surface area contributed by atoms with Gasteiger partial charge in [-0.25, -0.2) is 14.8 Å². The van der Waals surface area contributed by atoms with Crippen molar-refractivity contribution in [3.05, 3.63) is 99.8 Å². The van der Waals surface area contributed by atoms with E-state index in [1.165, 1.54) is 0 Å². The first kappa shape index (κ1) is 28.1. The van der Waals surface area contributed by atoms with Crippen molar-refractivity contribution in [1.29, 1.82) is 0 Å². The minimum Gasteiger partial charge on any atom is -0.508 e. The number of aromatic hydroxyl groups is 1. The molecule has 3 aromatic carbocycles. The van der Waals surface area contributed by atoms with Crippen molar-refractivity contribution in [3.8, 4) is 28.3 Å². The predicted octanol–water partition coefficient (Wildman–Crippen LogP) is 6.75. The number of carbonyl (C=O) groups is 2. The number of nitrogens with one attached hydrogen (secondary N) is 1. The number of ether oxygens (including phenoxy) is 1. The quantitative estimate of drug-likeness (QED) is 0.241. The van der Waals surface area contributed by atoms with Gasteiger partial charge in [-0.15, -0.1) is 0 Å². The van der Waals surface area contributed by atoms with Gasteiger partial charge in [-0.1, -0.05) is 65.7 Å². The SMILES string of the molecule is CC(C)(C)OC(=O)c1nc(-c2ccc(Cl)cc2)c(-c2ccc(Cl)cc2)nc1C(=O)NCCc1ccccc1O. The van der Waals surface area contributed by atoms with E-state index in [9.17, 15) is 14.7 Å². The summed E-state index contributed by atoms with van der Waals surface area (Å²) in [6.45, 7) is 5.38. The standard InChI is InChI=1S/C30H27Cl2N3O4/c1-30(2,3)39-29(38)27-26(28(37)33-17-16-18-6-4-5-7-23(18)36)34-24(19-8-12-21(31)13-9-19)25(35-27)20-10-14-22(32)15-11-20/h4-15,36H,16-17H2,1-3H3,(H,33,37). The molecule has 2 N–H and O–H groups in total. The summed E-state index contributed by atoms with van der Waals surface area (Å²) in [6.07, 6.45) is 0.376. The highest BCUT2D eigenvalue weighted by Gasteiger charge is 2.29. The van der Waals surface area contributed by atoms with Crippen molar-refractivity contribution in [2.75, 3.05) is 6.54 Å². The third-order valence-corrected chi connectivity index (χ3v) is 6.11. The zero-order chi connectivity index (χ0) is 28.2. The third kappa shape index (κ3) is 7.13. The number of carbonyl (C=O) groups excluding carboxylic acids is 2. The Morgan fingerprint density at radius 3 is 1.85 bits per heavy atom. The Balaban J connectivity index is 1.81. The summed E-state index contributed by atoms with van der Waals surface area (Å²) >= 11 is 12.2. The fourth-order valence-corrected chi connectivity index (χ4v) is 4.05. The van der Waals surface area contributed by atoms with E-state index in [1.807, 2.05) is 0 Å². The number of nitrogens with zero attached hydrogens (tertiary/aromatic N) is 2. The molecule has 0 saturated heterocycles. The normalized spacial score (nSPS) is 11.2. The minimum absolute atomic E-state index is 0.137. The maximum absolute atomic E-state index is 13.4. The fourth-order valence-electron chi connectivity index (χ4n) is 3.80. The topological polar surface area (TPSA) is 101 Å². The lowest BCUT2D eigenvalue weighted by atomic mass is 10.0. The number of para-hydroxylation sites is 1. The number of benzene rings is 3. The van der Waals surface area contributed by atoms with Crippen LogP contribution in [0, 0.1) is 0 Å². The van der Waals surface area contributed by atoms with Crippen molar-refractivity contribution in [3.63, 3.8) is 0 Å². The summed E-state index contributed by atoms with van der Waals surface area (Å²) in [5.74, 6) is -1.24. The number of hydrogen-bond donors (Lipinski definition) is 2. The third-order valence-electron chi connectivity index (χ3n) is 5.61. The molecule has 4 rings (SSSR count). The van der Waals surface area contributed by atoms with Crippen LogP contribution in [0.5, 0.6) is 5.75 Å². The molecule has 7 nitrogen and oxygen atoms in total. The van der Waals surface area contributed by atoms with Gasteiger partial charge in [0.05, 0.1) is 11.4 Å². The maximum atomic E-state index is 13.4. The Kier molecular flexibility index (Phi) is 8.53. The second-order valence-electron chi connectivity index (χ2n) is 9.77. The summed E-state index contributed by atoms with van der Waals surface area (Å²) in [4.78, 5) is 36.0. The largest absolute Gasteiger partial charge is 0.508 e. The second kappa shape index (κ2) is 11.8. The van der Waals surface area contributed by atoms with Crippen molar-refractivity contribution < 1.29 is 19.4 Å². The lowest BCUT2D eigenvalue weighted by Gasteiger charge is -2.21. The van der Waals surface area contributed by atoms with Crippen LogP contribution in [0.4, 0.5) is 0 Å². The zero-order valence-electron chi connectivity index (χ0n) is 21.7. The molecule has 0 atom stereocenters. The number of phenols is 1. The molecule has 0 aliphatic rings. The number of rotatable bonds is 7. The lowest BCUT2D eigenvalue weighted by Crippen LogP contribution is -2.31. The summed E-state index contributed by atoms with van der Waals surface area (Å²) in [7, 11) is 0. The van der Waals surface area contributed by atoms with E-state index in [4.69, 9.17) is 27.9 Å². The first-order valence-corrected chi connectivity index (χ1v) is 13.0. The van der Waals surface area contributed by atoms with Crippen LogP contribution in [-0.4, -0.2) is 39.1 Å². The molecule has 1 amide bonds. The number of aromatic nitrogens is 2. The van der Waals surface area contributed by atoms with Gasteiger partial charge >= 0.3 is 5.97 Å². The molecule has 4 aromatic rings. The van der Waals surface area contributed by atoms with Gasteiger partial charge in [-0.2, -0.15) is 0 Å². The van der Waals surface area contributed by atoms with Crippen LogP contribution >= 0.6 is 23.2 Å². The average molecular weight is 564 g/mol. The highest BCUT2D eigenvalue weighted by molar-refractivity contribution is 6.31. The van der Waals surface area contributed by atoms with Gasteiger partial charge in [0.25, 0.3) is 5.91 Å². The molecule has 9 heteroatoms. The first-order chi connectivity index (χ1) is 18.5. The summed E-state index contributed by atoms with van der Waals surface area (Å²) in [5.41, 5.74) is 1.51. The van der Waals surface area contributed by atoms with Gasteiger partial charge in [0.15, 0.2) is 11.4 Å². The van der Waals surface area contributed by atoms with Crippen molar-refractivity contribution in [2.45, 2.75) is 32.8 Å². The number of phenolic OH excluding ortho intramolecular Hbond substituents is 1. The van der Waals surface area contributed by atoms with Crippen LogP contribution in [-0.2, 0) is 11.2 Å². The Bertz CT molecular complexity index is 1500. The smallest absolute Gasteiger partial charge is 0.359 e. The molecule has 0 saturated carbocycles. The first-order valence-electron chi connectivity index (χ1n) is 12.2. The molecule has 1 heterocycles. The fraction of sp³-hybridized carbons (Fsp3) is 0.200. The molecule has 0 radical (unpaired) electrons. The van der Waals surface area contributed by atoms with E-state index in [1.54, 1.807) is 93.6 Å². The van der Waals surface area contributed by atoms with E-state index >= 15 is 0 Å². The summed E-state index contributed by atoms with van der Waals surface area (Å²) in [6, 6.07) is 20.7. The predicted molar refractivity (Wildman–Crippen MR) is 152 cm³/mol. The average Bonchev–Trinajstić information content (AvgIpc) is 2.89. The van der Waals surface area contributed by atoms with Crippen LogP contribution in [0.15, 0.2) is 72.8 Å². The molecule has 0 unspecified atom stereocenters. The Labute approximate surface area is 236 Å². The van der Waals surface area contributed by atoms with Gasteiger partial charge in [0.2, 0.25) is 0 Å². The molecule has 200 valence electrons. The van der Waals surface area contributed by atoms with Gasteiger partial charge < -0.3 is 15.2 Å². The van der Waals surface area contributed by atoms with Gasteiger partial charge in [-0.05, 0) is 63.1 Å². The monoisotopic (exact) mass is 563 g/mol. The summed E-state index contributed by atoms with van der Waals surface area (Å²) < 4.78 is 5.58. The number of amides is 1. The van der Waals surface area contributed by atoms with Crippen LogP contribution in [0.25, 0.3) is 22.5 Å². The molecule has 0 fully saturated rings. The highest BCUT2D eigenvalue weighted by atomic mass is 35.5. The minimum atomic E-state index is -0.827. The lowest BCUT2D eigenvalue weighted by molar-refractivity contribution is 0.00602. The molecular formula is C30H27Cl2N3O4. The Hall–Kier alpha value is -3.94. The highest BCUT2D eigenvalue weighted by Crippen LogP contribution is 2.32. The Morgan fingerprint density at radius 2 is 1.33 bits per heavy atom. The molecule has 0 spiro atoms. The molecular weight excluding hydrogens is 537 g/mol. The molecule has 0 aliphatic heterocycles.